The first-order chi connectivity index (χ1) is 25.3. The Bertz CT molecular complexity index is 3100. The maximum atomic E-state index is 6.23. The van der Waals surface area contributed by atoms with Crippen LogP contribution in [0.25, 0.3) is 106 Å². The number of aromatic nitrogens is 5. The van der Waals surface area contributed by atoms with E-state index in [4.69, 9.17) is 23.8 Å². The van der Waals surface area contributed by atoms with E-state index in [0.29, 0.717) is 17.6 Å². The Morgan fingerprint density at radius 1 is 0.412 bits per heavy atom. The first kappa shape index (κ1) is 27.8. The fourth-order valence-electron chi connectivity index (χ4n) is 7.52. The molecular weight excluding hydrogens is 631 g/mol. The lowest BCUT2D eigenvalue weighted by atomic mass is 9.98. The van der Waals surface area contributed by atoms with Gasteiger partial charge in [-0.3, -0.25) is 9.55 Å². The van der Waals surface area contributed by atoms with E-state index >= 15 is 0 Å². The maximum Gasteiger partial charge on any atom is 0.238 e. The fraction of sp³-hybridized carbons (Fsp3) is 0. The van der Waals surface area contributed by atoms with Gasteiger partial charge in [0, 0.05) is 55.8 Å². The summed E-state index contributed by atoms with van der Waals surface area (Å²) < 4.78 is 14.5. The second-order valence-corrected chi connectivity index (χ2v) is 12.7. The number of hydrogen-bond acceptors (Lipinski definition) is 6. The standard InChI is InChI=1S/C44H25N5O2/c1-4-14-34-29(9-1)30-10-2-5-15-35(30)49(34)44-47-42(46-43(48-44)32-13-8-18-39-41(32)33-25-45-24-23-37(33)51-39)27-21-19-26(20-22-27)28-12-7-17-38-40(28)31-11-3-6-16-36(31)50-38/h1-25H. The molecule has 238 valence electrons. The van der Waals surface area contributed by atoms with Gasteiger partial charge in [-0.1, -0.05) is 103 Å². The summed E-state index contributed by atoms with van der Waals surface area (Å²) in [4.78, 5) is 19.9. The van der Waals surface area contributed by atoms with Crippen LogP contribution < -0.4 is 0 Å². The summed E-state index contributed by atoms with van der Waals surface area (Å²) in [6.07, 6.45) is 3.58. The summed E-state index contributed by atoms with van der Waals surface area (Å²) in [5.41, 5.74) is 9.21. The van der Waals surface area contributed by atoms with Gasteiger partial charge in [-0.2, -0.15) is 9.97 Å². The molecule has 0 aliphatic heterocycles. The van der Waals surface area contributed by atoms with Gasteiger partial charge in [0.25, 0.3) is 0 Å². The van der Waals surface area contributed by atoms with Crippen molar-refractivity contribution in [2.75, 3.05) is 0 Å². The van der Waals surface area contributed by atoms with E-state index in [1.165, 1.54) is 0 Å². The molecule has 5 heterocycles. The number of nitrogens with zero attached hydrogens (tertiary/aromatic N) is 5. The zero-order chi connectivity index (χ0) is 33.5. The van der Waals surface area contributed by atoms with E-state index in [1.807, 2.05) is 60.8 Å². The van der Waals surface area contributed by atoms with E-state index in [2.05, 4.69) is 94.5 Å². The fourth-order valence-corrected chi connectivity index (χ4v) is 7.52. The number of furan rings is 2. The number of rotatable bonds is 4. The summed E-state index contributed by atoms with van der Waals surface area (Å²) in [7, 11) is 0. The van der Waals surface area contributed by atoms with Crippen molar-refractivity contribution >= 4 is 65.7 Å². The number of hydrogen-bond donors (Lipinski definition) is 0. The molecule has 0 bridgehead atoms. The molecule has 0 amide bonds. The number of fused-ring (bicyclic) bond motifs is 9. The van der Waals surface area contributed by atoms with Crippen molar-refractivity contribution in [3.8, 4) is 39.9 Å². The number of para-hydroxylation sites is 3. The smallest absolute Gasteiger partial charge is 0.238 e. The third-order valence-corrected chi connectivity index (χ3v) is 9.80. The number of pyridine rings is 1. The predicted octanol–water partition coefficient (Wildman–Crippen LogP) is 11.2. The Labute approximate surface area is 290 Å². The van der Waals surface area contributed by atoms with E-state index in [-0.39, 0.29) is 0 Å². The van der Waals surface area contributed by atoms with Crippen molar-refractivity contribution in [2.24, 2.45) is 0 Å². The Morgan fingerprint density at radius 2 is 0.980 bits per heavy atom. The van der Waals surface area contributed by atoms with Crippen LogP contribution in [0.15, 0.2) is 161 Å². The van der Waals surface area contributed by atoms with Gasteiger partial charge in [-0.25, -0.2) is 4.98 Å². The lowest BCUT2D eigenvalue weighted by Gasteiger charge is -2.12. The molecule has 0 atom stereocenters. The normalized spacial score (nSPS) is 11.9. The Kier molecular flexibility index (Phi) is 5.83. The van der Waals surface area contributed by atoms with Crippen LogP contribution in [-0.4, -0.2) is 24.5 Å². The van der Waals surface area contributed by atoms with Crippen LogP contribution in [0.5, 0.6) is 0 Å². The molecule has 0 radical (unpaired) electrons. The van der Waals surface area contributed by atoms with Crippen LogP contribution >= 0.6 is 0 Å². The van der Waals surface area contributed by atoms with Crippen LogP contribution in [0.1, 0.15) is 0 Å². The highest BCUT2D eigenvalue weighted by atomic mass is 16.3. The monoisotopic (exact) mass is 655 g/mol. The Morgan fingerprint density at radius 3 is 1.73 bits per heavy atom. The van der Waals surface area contributed by atoms with E-state index < -0.39 is 0 Å². The second kappa shape index (κ2) is 10.7. The molecule has 11 rings (SSSR count). The first-order valence-electron chi connectivity index (χ1n) is 16.8. The first-order valence-corrected chi connectivity index (χ1v) is 16.8. The minimum Gasteiger partial charge on any atom is -0.456 e. The highest BCUT2D eigenvalue weighted by Crippen LogP contribution is 2.39. The van der Waals surface area contributed by atoms with Gasteiger partial charge in [0.2, 0.25) is 5.95 Å². The summed E-state index contributed by atoms with van der Waals surface area (Å²) in [6.45, 7) is 0. The highest BCUT2D eigenvalue weighted by Gasteiger charge is 2.21. The molecule has 0 aliphatic rings. The van der Waals surface area contributed by atoms with Crippen LogP contribution in [-0.2, 0) is 0 Å². The average molecular weight is 656 g/mol. The topological polar surface area (TPSA) is 82.8 Å². The van der Waals surface area contributed by atoms with Gasteiger partial charge >= 0.3 is 0 Å². The van der Waals surface area contributed by atoms with E-state index in [0.717, 1.165) is 87.9 Å². The quantitative estimate of drug-likeness (QED) is 0.188. The average Bonchev–Trinajstić information content (AvgIpc) is 3.87. The zero-order valence-corrected chi connectivity index (χ0v) is 27.0. The summed E-state index contributed by atoms with van der Waals surface area (Å²) in [6, 6.07) is 47.4. The van der Waals surface area contributed by atoms with Crippen molar-refractivity contribution in [3.05, 3.63) is 152 Å². The minimum atomic E-state index is 0.536. The molecule has 6 aromatic carbocycles. The lowest BCUT2D eigenvalue weighted by molar-refractivity contribution is 0.668. The van der Waals surface area contributed by atoms with Gasteiger partial charge in [-0.15, -0.1) is 0 Å². The van der Waals surface area contributed by atoms with Crippen molar-refractivity contribution in [2.45, 2.75) is 0 Å². The molecule has 0 saturated heterocycles. The molecule has 0 aliphatic carbocycles. The summed E-state index contributed by atoms with van der Waals surface area (Å²) in [5.74, 6) is 1.65. The molecule has 0 fully saturated rings. The largest absolute Gasteiger partial charge is 0.456 e. The molecule has 7 nitrogen and oxygen atoms in total. The van der Waals surface area contributed by atoms with Crippen molar-refractivity contribution in [1.82, 2.24) is 24.5 Å². The third-order valence-electron chi connectivity index (χ3n) is 9.80. The summed E-state index contributed by atoms with van der Waals surface area (Å²) in [5, 5.41) is 6.30. The second-order valence-electron chi connectivity index (χ2n) is 12.7. The van der Waals surface area contributed by atoms with Crippen molar-refractivity contribution < 1.29 is 8.83 Å². The van der Waals surface area contributed by atoms with Crippen LogP contribution in [0.2, 0.25) is 0 Å². The Hall–Kier alpha value is -7.12. The molecular formula is C44H25N5O2. The highest BCUT2D eigenvalue weighted by molar-refractivity contribution is 6.13. The van der Waals surface area contributed by atoms with E-state index in [9.17, 15) is 0 Å². The van der Waals surface area contributed by atoms with Gasteiger partial charge in [0.15, 0.2) is 11.6 Å². The maximum absolute atomic E-state index is 6.23. The molecule has 7 heteroatoms. The van der Waals surface area contributed by atoms with Gasteiger partial charge in [-0.05, 0) is 47.5 Å². The third kappa shape index (κ3) is 4.18. The zero-order valence-electron chi connectivity index (χ0n) is 27.0. The number of benzene rings is 6. The lowest BCUT2D eigenvalue weighted by Crippen LogP contribution is -2.06. The Balaban J connectivity index is 1.14. The SMILES string of the molecule is c1ccc2c(c1)oc1cccc(-c3ccc(-c4nc(-c5cccc6oc7ccncc7c56)nc(-n5c6ccccc6c6ccccc65)n4)cc3)c12. The van der Waals surface area contributed by atoms with Gasteiger partial charge < -0.3 is 8.83 Å². The van der Waals surface area contributed by atoms with Crippen LogP contribution in [0, 0.1) is 0 Å². The predicted molar refractivity (Wildman–Crippen MR) is 203 cm³/mol. The van der Waals surface area contributed by atoms with E-state index in [1.54, 1.807) is 6.20 Å². The van der Waals surface area contributed by atoms with Crippen LogP contribution in [0.4, 0.5) is 0 Å². The van der Waals surface area contributed by atoms with Crippen molar-refractivity contribution in [3.63, 3.8) is 0 Å². The molecule has 0 spiro atoms. The minimum absolute atomic E-state index is 0.536. The van der Waals surface area contributed by atoms with Gasteiger partial charge in [0.05, 0.1) is 11.0 Å². The van der Waals surface area contributed by atoms with Gasteiger partial charge in [0.1, 0.15) is 22.3 Å². The molecule has 0 unspecified atom stereocenters. The summed E-state index contributed by atoms with van der Waals surface area (Å²) >= 11 is 0. The molecule has 5 aromatic heterocycles. The van der Waals surface area contributed by atoms with Crippen LogP contribution in [0.3, 0.4) is 0 Å². The molecule has 0 saturated carbocycles. The molecule has 51 heavy (non-hydrogen) atoms. The molecule has 11 aromatic rings. The molecule has 0 N–H and O–H groups in total. The van der Waals surface area contributed by atoms with Crippen molar-refractivity contribution in [1.29, 1.82) is 0 Å².